The molecule has 0 atom stereocenters. The standard InChI is InChI=1S/C21H27N3O4/c1-3-28-21(26)19-13-23-24(15(19)2)18-9-7-17(8-10-18)20(25)22-11-4-12-27-14-16-5-6-16/h7-10,13,16H,3-6,11-12,14H2,1-2H3,(H,22,25). The molecule has 0 aliphatic heterocycles. The van der Waals surface area contributed by atoms with E-state index >= 15 is 0 Å². The summed E-state index contributed by atoms with van der Waals surface area (Å²) in [6.45, 7) is 6.01. The third kappa shape index (κ3) is 5.19. The van der Waals surface area contributed by atoms with Gasteiger partial charge in [0.1, 0.15) is 5.56 Å². The molecule has 1 fully saturated rings. The van der Waals surface area contributed by atoms with E-state index in [1.54, 1.807) is 23.7 Å². The number of amides is 1. The topological polar surface area (TPSA) is 82.5 Å². The number of hydrogen-bond acceptors (Lipinski definition) is 5. The molecule has 7 heteroatoms. The fourth-order valence-electron chi connectivity index (χ4n) is 2.85. The predicted octanol–water partition coefficient (Wildman–Crippen LogP) is 2.90. The van der Waals surface area contributed by atoms with E-state index in [-0.39, 0.29) is 11.9 Å². The van der Waals surface area contributed by atoms with E-state index in [0.29, 0.717) is 36.6 Å². The minimum atomic E-state index is -0.386. The normalized spacial score (nSPS) is 13.4. The summed E-state index contributed by atoms with van der Waals surface area (Å²) >= 11 is 0. The van der Waals surface area contributed by atoms with Crippen LogP contribution in [0.15, 0.2) is 30.5 Å². The first kappa shape index (κ1) is 20.1. The number of esters is 1. The average Bonchev–Trinajstić information content (AvgIpc) is 3.44. The minimum Gasteiger partial charge on any atom is -0.462 e. The molecule has 2 aromatic rings. The van der Waals surface area contributed by atoms with Crippen LogP contribution in [0.1, 0.15) is 52.6 Å². The van der Waals surface area contributed by atoms with E-state index in [9.17, 15) is 9.59 Å². The molecule has 1 saturated carbocycles. The summed E-state index contributed by atoms with van der Waals surface area (Å²) < 4.78 is 12.3. The van der Waals surface area contributed by atoms with Crippen LogP contribution in [0.4, 0.5) is 0 Å². The molecule has 7 nitrogen and oxygen atoms in total. The Morgan fingerprint density at radius 1 is 1.25 bits per heavy atom. The molecular formula is C21H27N3O4. The van der Waals surface area contributed by atoms with Gasteiger partial charge in [-0.1, -0.05) is 0 Å². The number of carbonyl (C=O) groups excluding carboxylic acids is 2. The first-order chi connectivity index (χ1) is 13.6. The number of aromatic nitrogens is 2. The lowest BCUT2D eigenvalue weighted by atomic mass is 10.2. The van der Waals surface area contributed by atoms with Crippen LogP contribution in [0.2, 0.25) is 0 Å². The van der Waals surface area contributed by atoms with Gasteiger partial charge >= 0.3 is 5.97 Å². The van der Waals surface area contributed by atoms with Crippen molar-refractivity contribution < 1.29 is 19.1 Å². The van der Waals surface area contributed by atoms with Gasteiger partial charge in [0.25, 0.3) is 5.91 Å². The molecule has 3 rings (SSSR count). The fraction of sp³-hybridized carbons (Fsp3) is 0.476. The number of rotatable bonds is 10. The summed E-state index contributed by atoms with van der Waals surface area (Å²) in [4.78, 5) is 24.2. The van der Waals surface area contributed by atoms with Crippen LogP contribution in [-0.2, 0) is 9.47 Å². The van der Waals surface area contributed by atoms with Gasteiger partial charge in [0.15, 0.2) is 0 Å². The van der Waals surface area contributed by atoms with Crippen molar-refractivity contribution in [3.05, 3.63) is 47.3 Å². The van der Waals surface area contributed by atoms with Crippen LogP contribution in [0, 0.1) is 12.8 Å². The third-order valence-electron chi connectivity index (χ3n) is 4.68. The van der Waals surface area contributed by atoms with Gasteiger partial charge in [-0.2, -0.15) is 5.10 Å². The van der Waals surface area contributed by atoms with E-state index in [4.69, 9.17) is 9.47 Å². The molecule has 1 aliphatic carbocycles. The van der Waals surface area contributed by atoms with Gasteiger partial charge in [0, 0.05) is 25.3 Å². The highest BCUT2D eigenvalue weighted by Crippen LogP contribution is 2.28. The van der Waals surface area contributed by atoms with Crippen molar-refractivity contribution in [3.8, 4) is 5.69 Å². The van der Waals surface area contributed by atoms with E-state index in [0.717, 1.165) is 24.6 Å². The van der Waals surface area contributed by atoms with Crippen molar-refractivity contribution in [2.75, 3.05) is 26.4 Å². The third-order valence-corrected chi connectivity index (χ3v) is 4.68. The average molecular weight is 385 g/mol. The molecule has 1 aromatic heterocycles. The zero-order valence-corrected chi connectivity index (χ0v) is 16.4. The van der Waals surface area contributed by atoms with Gasteiger partial charge in [-0.25, -0.2) is 9.48 Å². The number of benzene rings is 1. The van der Waals surface area contributed by atoms with Gasteiger partial charge in [-0.15, -0.1) is 0 Å². The molecule has 1 N–H and O–H groups in total. The molecule has 0 spiro atoms. The quantitative estimate of drug-likeness (QED) is 0.502. The van der Waals surface area contributed by atoms with E-state index < -0.39 is 0 Å². The summed E-state index contributed by atoms with van der Waals surface area (Å²) in [5.41, 5.74) is 2.49. The van der Waals surface area contributed by atoms with Gasteiger partial charge < -0.3 is 14.8 Å². The Bertz CT molecular complexity index is 810. The van der Waals surface area contributed by atoms with Crippen LogP contribution in [0.25, 0.3) is 5.69 Å². The van der Waals surface area contributed by atoms with Crippen LogP contribution in [-0.4, -0.2) is 48.0 Å². The first-order valence-corrected chi connectivity index (χ1v) is 9.78. The van der Waals surface area contributed by atoms with Crippen molar-refractivity contribution in [2.24, 2.45) is 5.92 Å². The lowest BCUT2D eigenvalue weighted by Gasteiger charge is -2.08. The van der Waals surface area contributed by atoms with E-state index in [2.05, 4.69) is 10.4 Å². The Morgan fingerprint density at radius 3 is 2.68 bits per heavy atom. The maximum absolute atomic E-state index is 12.2. The number of nitrogens with one attached hydrogen (secondary N) is 1. The number of ether oxygens (including phenoxy) is 2. The molecule has 28 heavy (non-hydrogen) atoms. The number of carbonyl (C=O) groups is 2. The molecule has 1 aromatic carbocycles. The van der Waals surface area contributed by atoms with Crippen LogP contribution >= 0.6 is 0 Å². The summed E-state index contributed by atoms with van der Waals surface area (Å²) in [6.07, 6.45) is 4.88. The molecular weight excluding hydrogens is 358 g/mol. The maximum Gasteiger partial charge on any atom is 0.341 e. The Labute approximate surface area is 165 Å². The second kappa shape index (κ2) is 9.50. The molecule has 1 heterocycles. The van der Waals surface area contributed by atoms with E-state index in [1.165, 1.54) is 19.0 Å². The van der Waals surface area contributed by atoms with Gasteiger partial charge in [0.2, 0.25) is 0 Å². The van der Waals surface area contributed by atoms with Crippen LogP contribution in [0.5, 0.6) is 0 Å². The van der Waals surface area contributed by atoms with Gasteiger partial charge in [-0.05, 0) is 63.3 Å². The van der Waals surface area contributed by atoms with Crippen molar-refractivity contribution in [3.63, 3.8) is 0 Å². The zero-order chi connectivity index (χ0) is 19.9. The van der Waals surface area contributed by atoms with Gasteiger partial charge in [-0.3, -0.25) is 4.79 Å². The lowest BCUT2D eigenvalue weighted by molar-refractivity contribution is 0.0525. The Balaban J connectivity index is 1.51. The maximum atomic E-state index is 12.2. The monoisotopic (exact) mass is 385 g/mol. The summed E-state index contributed by atoms with van der Waals surface area (Å²) in [5, 5.41) is 7.16. The number of nitrogens with zero attached hydrogens (tertiary/aromatic N) is 2. The van der Waals surface area contributed by atoms with Crippen molar-refractivity contribution in [1.82, 2.24) is 15.1 Å². The molecule has 1 aliphatic rings. The zero-order valence-electron chi connectivity index (χ0n) is 16.4. The van der Waals surface area contributed by atoms with E-state index in [1.807, 2.05) is 19.1 Å². The minimum absolute atomic E-state index is 0.113. The Kier molecular flexibility index (Phi) is 6.81. The SMILES string of the molecule is CCOC(=O)c1cnn(-c2ccc(C(=O)NCCCOCC3CC3)cc2)c1C. The highest BCUT2D eigenvalue weighted by Gasteiger charge is 2.20. The summed E-state index contributed by atoms with van der Waals surface area (Å²) in [5.74, 6) is 0.265. The van der Waals surface area contributed by atoms with Crippen LogP contribution in [0.3, 0.4) is 0 Å². The molecule has 0 radical (unpaired) electrons. The summed E-state index contributed by atoms with van der Waals surface area (Å²) in [7, 11) is 0. The Morgan fingerprint density at radius 2 is 2.00 bits per heavy atom. The molecule has 0 bridgehead atoms. The van der Waals surface area contributed by atoms with Gasteiger partial charge in [0.05, 0.1) is 24.2 Å². The highest BCUT2D eigenvalue weighted by atomic mass is 16.5. The lowest BCUT2D eigenvalue weighted by Crippen LogP contribution is -2.25. The first-order valence-electron chi connectivity index (χ1n) is 9.78. The number of hydrogen-bond donors (Lipinski definition) is 1. The largest absolute Gasteiger partial charge is 0.462 e. The smallest absolute Gasteiger partial charge is 0.341 e. The molecule has 0 saturated heterocycles. The fourth-order valence-corrected chi connectivity index (χ4v) is 2.85. The molecule has 150 valence electrons. The highest BCUT2D eigenvalue weighted by molar-refractivity contribution is 5.94. The second-order valence-electron chi connectivity index (χ2n) is 6.95. The van der Waals surface area contributed by atoms with Crippen LogP contribution < -0.4 is 5.32 Å². The van der Waals surface area contributed by atoms with Crippen molar-refractivity contribution in [1.29, 1.82) is 0 Å². The molecule has 0 unspecified atom stereocenters. The Hall–Kier alpha value is -2.67. The predicted molar refractivity (Wildman–Crippen MR) is 105 cm³/mol. The van der Waals surface area contributed by atoms with Crippen molar-refractivity contribution in [2.45, 2.75) is 33.1 Å². The second-order valence-corrected chi connectivity index (χ2v) is 6.95. The summed E-state index contributed by atoms with van der Waals surface area (Å²) in [6, 6.07) is 7.12. The molecule has 1 amide bonds. The van der Waals surface area contributed by atoms with Crippen molar-refractivity contribution >= 4 is 11.9 Å².